The molecule has 5 rings (SSSR count). The normalized spacial score (nSPS) is 17.8. The number of alkyl halides is 3. The second-order valence-electron chi connectivity index (χ2n) is 13.3. The number of nitrogens with one attached hydrogen (secondary N) is 2. The van der Waals surface area contributed by atoms with Crippen LogP contribution in [0.1, 0.15) is 48.7 Å². The summed E-state index contributed by atoms with van der Waals surface area (Å²) in [5.41, 5.74) is 0.460. The molecule has 2 fully saturated rings. The smallest absolute Gasteiger partial charge is 0.416 e. The van der Waals surface area contributed by atoms with Crippen molar-refractivity contribution in [2.75, 3.05) is 56.0 Å². The molecule has 1 aromatic heterocycles. The zero-order valence-electron chi connectivity index (χ0n) is 28.0. The van der Waals surface area contributed by atoms with Crippen molar-refractivity contribution in [3.63, 3.8) is 0 Å². The van der Waals surface area contributed by atoms with Crippen molar-refractivity contribution < 1.29 is 35.9 Å². The number of likely N-dealkylation sites (tertiary alicyclic amines) is 1. The monoisotopic (exact) mass is 736 g/mol. The van der Waals surface area contributed by atoms with Crippen LogP contribution in [0.5, 0.6) is 0 Å². The highest BCUT2D eigenvalue weighted by molar-refractivity contribution is 7.89. The molecule has 2 aliphatic rings. The van der Waals surface area contributed by atoms with Gasteiger partial charge in [0.05, 0.1) is 10.5 Å². The number of alkyl carbamates (subject to hydrolysis) is 1. The number of amides is 2. The predicted molar refractivity (Wildman–Crippen MR) is 184 cm³/mol. The Balaban J connectivity index is 1.09. The number of halogens is 4. The van der Waals surface area contributed by atoms with Gasteiger partial charge in [0.15, 0.2) is 0 Å². The lowest BCUT2D eigenvalue weighted by Crippen LogP contribution is -2.49. The third kappa shape index (κ3) is 9.86. The number of carbonyl (C=O) groups is 2. The van der Waals surface area contributed by atoms with Gasteiger partial charge in [-0.2, -0.15) is 17.5 Å². The minimum absolute atomic E-state index is 0.0264. The molecule has 1 atom stereocenters. The fourth-order valence-electron chi connectivity index (χ4n) is 5.77. The van der Waals surface area contributed by atoms with E-state index in [0.717, 1.165) is 50.2 Å². The number of pyridine rings is 1. The minimum atomic E-state index is -4.59. The summed E-state index contributed by atoms with van der Waals surface area (Å²) in [6, 6.07) is 14.8. The molecule has 50 heavy (non-hydrogen) atoms. The number of benzene rings is 2. The number of aromatic nitrogens is 1. The Morgan fingerprint density at radius 2 is 1.62 bits per heavy atom. The summed E-state index contributed by atoms with van der Waals surface area (Å²) >= 11 is 5.82. The van der Waals surface area contributed by atoms with E-state index in [9.17, 15) is 31.2 Å². The summed E-state index contributed by atoms with van der Waals surface area (Å²) in [5.74, 6) is -0.315. The molecule has 2 amide bonds. The number of nitrogens with zero attached hydrogens (tertiary/aromatic N) is 4. The van der Waals surface area contributed by atoms with Gasteiger partial charge in [0.25, 0.3) is 5.91 Å². The molecule has 0 spiro atoms. The van der Waals surface area contributed by atoms with Gasteiger partial charge in [-0.3, -0.25) is 4.79 Å². The van der Waals surface area contributed by atoms with Crippen LogP contribution in [0.2, 0.25) is 5.15 Å². The Kier molecular flexibility index (Phi) is 11.3. The maximum Gasteiger partial charge on any atom is 0.416 e. The van der Waals surface area contributed by atoms with E-state index < -0.39 is 33.5 Å². The molecule has 0 saturated carbocycles. The van der Waals surface area contributed by atoms with Crippen LogP contribution < -0.4 is 15.5 Å². The van der Waals surface area contributed by atoms with Crippen molar-refractivity contribution in [2.24, 2.45) is 0 Å². The van der Waals surface area contributed by atoms with Crippen LogP contribution in [-0.4, -0.2) is 92.1 Å². The molecular formula is C34H40ClF3N6O5S. The van der Waals surface area contributed by atoms with Gasteiger partial charge in [-0.1, -0.05) is 23.7 Å². The van der Waals surface area contributed by atoms with Crippen molar-refractivity contribution in [3.8, 4) is 0 Å². The Morgan fingerprint density at radius 1 is 0.960 bits per heavy atom. The number of ether oxygens (including phenoxy) is 1. The Bertz CT molecular complexity index is 1780. The highest BCUT2D eigenvalue weighted by Gasteiger charge is 2.34. The SMILES string of the molecule is CC(C)(C)OC(=O)NC1CCN(CCc2ccc(C(=O)Nc3ccc(S(=O)(=O)N4CCN(c5cc(C(F)(F)F)cc(Cl)n5)CC4)cc3)cc2)C1. The quantitative estimate of drug-likeness (QED) is 0.270. The lowest BCUT2D eigenvalue weighted by Gasteiger charge is -2.35. The Labute approximate surface area is 294 Å². The first kappa shape index (κ1) is 37.3. The molecule has 16 heteroatoms. The van der Waals surface area contributed by atoms with Gasteiger partial charge < -0.3 is 25.2 Å². The predicted octanol–water partition coefficient (Wildman–Crippen LogP) is 5.66. The molecule has 270 valence electrons. The van der Waals surface area contributed by atoms with Crippen LogP contribution in [0.3, 0.4) is 0 Å². The molecule has 2 aliphatic heterocycles. The zero-order valence-corrected chi connectivity index (χ0v) is 29.5. The average Bonchev–Trinajstić information content (AvgIpc) is 3.49. The second-order valence-corrected chi connectivity index (χ2v) is 15.6. The second kappa shape index (κ2) is 15.1. The lowest BCUT2D eigenvalue weighted by atomic mass is 10.1. The van der Waals surface area contributed by atoms with Crippen molar-refractivity contribution in [2.45, 2.75) is 56.3 Å². The third-order valence-electron chi connectivity index (χ3n) is 8.35. The van der Waals surface area contributed by atoms with E-state index in [4.69, 9.17) is 16.3 Å². The van der Waals surface area contributed by atoms with E-state index in [-0.39, 0.29) is 54.0 Å². The molecular weight excluding hydrogens is 697 g/mol. The molecule has 2 N–H and O–H groups in total. The van der Waals surface area contributed by atoms with Gasteiger partial charge in [0, 0.05) is 63.1 Å². The van der Waals surface area contributed by atoms with Crippen molar-refractivity contribution >= 4 is 45.1 Å². The summed E-state index contributed by atoms with van der Waals surface area (Å²) in [7, 11) is -3.90. The largest absolute Gasteiger partial charge is 0.444 e. The maximum atomic E-state index is 13.3. The van der Waals surface area contributed by atoms with Gasteiger partial charge in [-0.15, -0.1) is 0 Å². The summed E-state index contributed by atoms with van der Waals surface area (Å²) in [4.78, 5) is 32.8. The van der Waals surface area contributed by atoms with Crippen LogP contribution in [0.4, 0.5) is 29.5 Å². The van der Waals surface area contributed by atoms with Gasteiger partial charge in [0.1, 0.15) is 16.6 Å². The van der Waals surface area contributed by atoms with Crippen LogP contribution in [-0.2, 0) is 27.4 Å². The molecule has 0 radical (unpaired) electrons. The van der Waals surface area contributed by atoms with E-state index >= 15 is 0 Å². The first-order chi connectivity index (χ1) is 23.5. The summed E-state index contributed by atoms with van der Waals surface area (Å²) in [5, 5.41) is 5.42. The average molecular weight is 737 g/mol. The van der Waals surface area contributed by atoms with Crippen LogP contribution >= 0.6 is 11.6 Å². The molecule has 1 unspecified atom stereocenters. The molecule has 3 heterocycles. The first-order valence-electron chi connectivity index (χ1n) is 16.2. The summed E-state index contributed by atoms with van der Waals surface area (Å²) in [6.45, 7) is 8.24. The molecule has 2 saturated heterocycles. The number of rotatable bonds is 9. The molecule has 0 aliphatic carbocycles. The van der Waals surface area contributed by atoms with Crippen molar-refractivity contribution in [1.82, 2.24) is 19.5 Å². The van der Waals surface area contributed by atoms with Crippen LogP contribution in [0.25, 0.3) is 0 Å². The summed E-state index contributed by atoms with van der Waals surface area (Å²) < 4.78 is 72.9. The van der Waals surface area contributed by atoms with E-state index in [1.165, 1.54) is 28.6 Å². The fraction of sp³-hybridized carbons (Fsp3) is 0.441. The highest BCUT2D eigenvalue weighted by Crippen LogP contribution is 2.33. The number of sulfonamides is 1. The zero-order chi connectivity index (χ0) is 36.3. The van der Waals surface area contributed by atoms with Gasteiger partial charge in [0.2, 0.25) is 10.0 Å². The highest BCUT2D eigenvalue weighted by atomic mass is 35.5. The van der Waals surface area contributed by atoms with E-state index in [1.54, 1.807) is 17.0 Å². The van der Waals surface area contributed by atoms with E-state index in [2.05, 4.69) is 20.5 Å². The van der Waals surface area contributed by atoms with E-state index in [1.807, 2.05) is 32.9 Å². The standard InChI is InChI=1S/C34H40ClF3N6O5S/c1-33(2,3)49-32(46)40-27-13-15-42(22-27)14-12-23-4-6-24(7-5-23)31(45)39-26-8-10-28(11-9-26)50(47,48)44-18-16-43(17-19-44)30-21-25(34(36,37)38)20-29(35)41-30/h4-11,20-21,27H,12-19,22H2,1-3H3,(H,39,45)(H,40,46). The minimum Gasteiger partial charge on any atom is -0.444 e. The van der Waals surface area contributed by atoms with Gasteiger partial charge in [-0.25, -0.2) is 18.2 Å². The lowest BCUT2D eigenvalue weighted by molar-refractivity contribution is -0.137. The number of hydrogen-bond donors (Lipinski definition) is 2. The van der Waals surface area contributed by atoms with Gasteiger partial charge in [-0.05, 0) is 87.7 Å². The van der Waals surface area contributed by atoms with Crippen molar-refractivity contribution in [1.29, 1.82) is 0 Å². The third-order valence-corrected chi connectivity index (χ3v) is 10.5. The van der Waals surface area contributed by atoms with Gasteiger partial charge >= 0.3 is 12.3 Å². The fourth-order valence-corrected chi connectivity index (χ4v) is 7.39. The molecule has 11 nitrogen and oxygen atoms in total. The maximum absolute atomic E-state index is 13.3. The molecule has 3 aromatic rings. The van der Waals surface area contributed by atoms with Crippen molar-refractivity contribution in [3.05, 3.63) is 82.5 Å². The number of anilines is 2. The molecule has 2 aromatic carbocycles. The molecule has 0 bridgehead atoms. The first-order valence-corrected chi connectivity index (χ1v) is 18.0. The number of piperazine rings is 1. The van der Waals surface area contributed by atoms with Crippen LogP contribution in [0, 0.1) is 0 Å². The number of carbonyl (C=O) groups excluding carboxylic acids is 2. The number of hydrogen-bond acceptors (Lipinski definition) is 8. The topological polar surface area (TPSA) is 124 Å². The Morgan fingerprint density at radius 3 is 2.24 bits per heavy atom. The Hall–Kier alpha value is -3.92. The van der Waals surface area contributed by atoms with E-state index in [0.29, 0.717) is 11.3 Å². The summed E-state index contributed by atoms with van der Waals surface area (Å²) in [6.07, 6.45) is -3.37. The van der Waals surface area contributed by atoms with Crippen LogP contribution in [0.15, 0.2) is 65.6 Å².